The van der Waals surface area contributed by atoms with Gasteiger partial charge in [-0.15, -0.1) is 0 Å². The summed E-state index contributed by atoms with van der Waals surface area (Å²) in [6, 6.07) is 9.17. The fourth-order valence-corrected chi connectivity index (χ4v) is 2.43. The molecule has 7 nitrogen and oxygen atoms in total. The van der Waals surface area contributed by atoms with Crippen LogP contribution in [0.1, 0.15) is 10.4 Å². The Bertz CT molecular complexity index is 1030. The molecule has 0 bridgehead atoms. The first-order chi connectivity index (χ1) is 11.0. The van der Waals surface area contributed by atoms with Crippen LogP contribution in [0.3, 0.4) is 0 Å². The lowest BCUT2D eigenvalue weighted by atomic mass is 10.1. The molecule has 3 aromatic rings. The Morgan fingerprint density at radius 2 is 1.91 bits per heavy atom. The third-order valence-corrected chi connectivity index (χ3v) is 3.50. The minimum Gasteiger partial charge on any atom is -0.465 e. The fraction of sp³-hybridized carbons (Fsp3) is 0.0625. The first-order valence-corrected chi connectivity index (χ1v) is 6.61. The van der Waals surface area contributed by atoms with Crippen molar-refractivity contribution in [3.05, 3.63) is 68.5 Å². The molecule has 114 valence electrons. The molecule has 0 amide bonds. The Morgan fingerprint density at radius 1 is 1.22 bits per heavy atom. The van der Waals surface area contributed by atoms with Crippen molar-refractivity contribution >= 4 is 33.3 Å². The molecular weight excluding hydrogens is 300 g/mol. The molecule has 0 saturated heterocycles. The van der Waals surface area contributed by atoms with E-state index >= 15 is 0 Å². The van der Waals surface area contributed by atoms with Gasteiger partial charge < -0.3 is 4.74 Å². The normalized spacial score (nSPS) is 10.7. The predicted molar refractivity (Wildman–Crippen MR) is 83.5 cm³/mol. The van der Waals surface area contributed by atoms with Crippen LogP contribution in [0.2, 0.25) is 0 Å². The Labute approximate surface area is 129 Å². The number of rotatable bonds is 2. The molecule has 0 aliphatic carbocycles. The lowest BCUT2D eigenvalue weighted by Crippen LogP contribution is -2.02. The number of esters is 1. The van der Waals surface area contributed by atoms with Crippen LogP contribution in [-0.4, -0.2) is 23.0 Å². The van der Waals surface area contributed by atoms with Crippen LogP contribution < -0.4 is 5.43 Å². The zero-order valence-corrected chi connectivity index (χ0v) is 12.0. The largest absolute Gasteiger partial charge is 0.465 e. The monoisotopic (exact) mass is 310 g/mol. The first-order valence-electron chi connectivity index (χ1n) is 6.61. The highest BCUT2D eigenvalue weighted by atomic mass is 16.6. The van der Waals surface area contributed by atoms with Crippen LogP contribution in [0.4, 0.5) is 5.69 Å². The Kier molecular flexibility index (Phi) is 3.46. The molecule has 7 heteroatoms. The molecule has 1 heterocycles. The van der Waals surface area contributed by atoms with Crippen LogP contribution in [0.25, 0.3) is 21.7 Å². The standard InChI is InChI=1S/C16H10N2O5/c1-23-16(20)13-7-9-6-10(18(21)22)8-17-14(9)15(19)12-5-3-2-4-11(12)13/h2-8H,1H3. The van der Waals surface area contributed by atoms with Crippen LogP contribution in [0.5, 0.6) is 0 Å². The summed E-state index contributed by atoms with van der Waals surface area (Å²) < 4.78 is 4.76. The summed E-state index contributed by atoms with van der Waals surface area (Å²) in [6.07, 6.45) is 1.02. The van der Waals surface area contributed by atoms with Crippen molar-refractivity contribution in [3.8, 4) is 0 Å². The second-order valence-electron chi connectivity index (χ2n) is 4.81. The average molecular weight is 310 g/mol. The Morgan fingerprint density at radius 3 is 2.57 bits per heavy atom. The maximum atomic E-state index is 12.6. The number of aromatic nitrogens is 1. The van der Waals surface area contributed by atoms with E-state index in [9.17, 15) is 19.7 Å². The first kappa shape index (κ1) is 14.6. The third kappa shape index (κ3) is 2.38. The quantitative estimate of drug-likeness (QED) is 0.409. The molecule has 0 radical (unpaired) electrons. The summed E-state index contributed by atoms with van der Waals surface area (Å²) in [5, 5.41) is 11.8. The number of pyridine rings is 1. The zero-order chi connectivity index (χ0) is 16.6. The number of carbonyl (C=O) groups excluding carboxylic acids is 1. The highest BCUT2D eigenvalue weighted by Gasteiger charge is 2.16. The van der Waals surface area contributed by atoms with Crippen molar-refractivity contribution in [3.63, 3.8) is 0 Å². The van der Waals surface area contributed by atoms with Gasteiger partial charge in [0, 0.05) is 22.2 Å². The third-order valence-electron chi connectivity index (χ3n) is 3.50. The maximum Gasteiger partial charge on any atom is 0.338 e. The molecule has 3 rings (SSSR count). The van der Waals surface area contributed by atoms with E-state index in [1.165, 1.54) is 19.2 Å². The number of fused-ring (bicyclic) bond motifs is 2. The van der Waals surface area contributed by atoms with E-state index in [0.29, 0.717) is 10.8 Å². The van der Waals surface area contributed by atoms with Crippen molar-refractivity contribution in [1.82, 2.24) is 4.98 Å². The number of hydrogen-bond acceptors (Lipinski definition) is 6. The summed E-state index contributed by atoms with van der Waals surface area (Å²) in [5.74, 6) is -0.635. The van der Waals surface area contributed by atoms with Gasteiger partial charge in [0.25, 0.3) is 5.69 Å². The fourth-order valence-electron chi connectivity index (χ4n) is 2.43. The van der Waals surface area contributed by atoms with Crippen LogP contribution >= 0.6 is 0 Å². The minimum atomic E-state index is -0.635. The van der Waals surface area contributed by atoms with E-state index in [1.807, 2.05) is 0 Å². The van der Waals surface area contributed by atoms with Crippen molar-refractivity contribution in [2.24, 2.45) is 0 Å². The number of carbonyl (C=O) groups is 1. The summed E-state index contributed by atoms with van der Waals surface area (Å²) >= 11 is 0. The molecule has 0 spiro atoms. The van der Waals surface area contributed by atoms with E-state index in [0.717, 1.165) is 6.20 Å². The van der Waals surface area contributed by atoms with Crippen molar-refractivity contribution in [2.75, 3.05) is 7.11 Å². The topological polar surface area (TPSA) is 99.4 Å². The van der Waals surface area contributed by atoms with Gasteiger partial charge in [-0.2, -0.15) is 0 Å². The predicted octanol–water partition coefficient (Wildman–Crippen LogP) is 2.44. The lowest BCUT2D eigenvalue weighted by molar-refractivity contribution is -0.385. The molecule has 2 aromatic carbocycles. The number of ether oxygens (including phenoxy) is 1. The zero-order valence-electron chi connectivity index (χ0n) is 12.0. The van der Waals surface area contributed by atoms with Gasteiger partial charge in [-0.05, 0) is 6.07 Å². The average Bonchev–Trinajstić information content (AvgIpc) is 2.69. The SMILES string of the molecule is COC(=O)c1cc2cc([N+](=O)[O-])cnc2c(=O)c2ccccc12. The van der Waals surface area contributed by atoms with Gasteiger partial charge in [0.1, 0.15) is 11.7 Å². The van der Waals surface area contributed by atoms with Gasteiger partial charge in [0.2, 0.25) is 5.43 Å². The molecule has 23 heavy (non-hydrogen) atoms. The summed E-state index contributed by atoms with van der Waals surface area (Å²) in [4.78, 5) is 38.9. The van der Waals surface area contributed by atoms with E-state index in [1.54, 1.807) is 24.3 Å². The highest BCUT2D eigenvalue weighted by Crippen LogP contribution is 2.22. The van der Waals surface area contributed by atoms with E-state index < -0.39 is 16.3 Å². The number of methoxy groups -OCH3 is 1. The van der Waals surface area contributed by atoms with Gasteiger partial charge in [-0.25, -0.2) is 9.78 Å². The molecule has 0 aliphatic rings. The van der Waals surface area contributed by atoms with E-state index in [4.69, 9.17) is 4.74 Å². The van der Waals surface area contributed by atoms with Gasteiger partial charge in [0.05, 0.1) is 17.6 Å². The number of benzene rings is 1. The summed E-state index contributed by atoms with van der Waals surface area (Å²) in [5.41, 5.74) is -0.455. The van der Waals surface area contributed by atoms with Crippen molar-refractivity contribution < 1.29 is 14.5 Å². The minimum absolute atomic E-state index is 0.0574. The van der Waals surface area contributed by atoms with Crippen LogP contribution in [0.15, 0.2) is 47.4 Å². The molecule has 0 atom stereocenters. The van der Waals surface area contributed by atoms with Gasteiger partial charge in [-0.1, -0.05) is 24.3 Å². The Hall–Kier alpha value is -3.35. The second kappa shape index (κ2) is 5.45. The molecule has 1 aromatic heterocycles. The number of nitro groups is 1. The molecule has 0 aliphatic heterocycles. The van der Waals surface area contributed by atoms with Crippen molar-refractivity contribution in [2.45, 2.75) is 0 Å². The molecule has 0 saturated carbocycles. The van der Waals surface area contributed by atoms with Crippen LogP contribution in [0, 0.1) is 10.1 Å². The Balaban J connectivity index is 2.57. The number of hydrogen-bond donors (Lipinski definition) is 0. The van der Waals surface area contributed by atoms with E-state index in [-0.39, 0.29) is 22.2 Å². The maximum absolute atomic E-state index is 12.6. The second-order valence-corrected chi connectivity index (χ2v) is 4.81. The summed E-state index contributed by atoms with van der Waals surface area (Å²) in [7, 11) is 1.23. The molecular formula is C16H10N2O5. The van der Waals surface area contributed by atoms with Crippen LogP contribution in [-0.2, 0) is 4.74 Å². The lowest BCUT2D eigenvalue weighted by Gasteiger charge is -1.99. The number of nitrogens with zero attached hydrogens (tertiary/aromatic N) is 2. The summed E-state index contributed by atoms with van der Waals surface area (Å²) in [6.45, 7) is 0. The van der Waals surface area contributed by atoms with E-state index in [2.05, 4.69) is 4.98 Å². The molecule has 0 unspecified atom stereocenters. The molecule has 0 fully saturated rings. The smallest absolute Gasteiger partial charge is 0.338 e. The van der Waals surface area contributed by atoms with Crippen molar-refractivity contribution in [1.29, 1.82) is 0 Å². The molecule has 0 N–H and O–H groups in total. The van der Waals surface area contributed by atoms with Gasteiger partial charge in [0.15, 0.2) is 0 Å². The van der Waals surface area contributed by atoms with Gasteiger partial charge in [-0.3, -0.25) is 14.9 Å². The van der Waals surface area contributed by atoms with Gasteiger partial charge >= 0.3 is 5.97 Å². The highest BCUT2D eigenvalue weighted by molar-refractivity contribution is 6.07.